The number of ether oxygens (including phenoxy) is 1. The molecule has 0 saturated carbocycles. The van der Waals surface area contributed by atoms with Crippen molar-refractivity contribution in [2.45, 2.75) is 13.5 Å². The quantitative estimate of drug-likeness (QED) is 0.915. The monoisotopic (exact) mass is 262 g/mol. The number of pyridine rings is 1. The van der Waals surface area contributed by atoms with Gasteiger partial charge in [0, 0.05) is 18.3 Å². The van der Waals surface area contributed by atoms with Crippen LogP contribution < -0.4 is 10.1 Å². The molecule has 4 heteroatoms. The van der Waals surface area contributed by atoms with Gasteiger partial charge in [-0.15, -0.1) is 0 Å². The molecule has 0 fully saturated rings. The van der Waals surface area contributed by atoms with Crippen LogP contribution in [-0.4, -0.2) is 12.0 Å². The fraction of sp³-hybridized carbons (Fsp3) is 0.214. The Bertz CT molecular complexity index is 543. The van der Waals surface area contributed by atoms with E-state index >= 15 is 0 Å². The standard InChI is InChI=1S/C14H15ClN2O/c1-10-7-11(9-16-2)8-14(17-10)18-13-6-4-3-5-12(13)15/h3-8,16H,9H2,1-2H3. The first-order chi connectivity index (χ1) is 8.69. The zero-order valence-electron chi connectivity index (χ0n) is 10.4. The molecule has 1 aromatic heterocycles. The highest BCUT2D eigenvalue weighted by Crippen LogP contribution is 2.28. The van der Waals surface area contributed by atoms with Crippen molar-refractivity contribution in [1.82, 2.24) is 10.3 Å². The van der Waals surface area contributed by atoms with E-state index in [-0.39, 0.29) is 0 Å². The van der Waals surface area contributed by atoms with Gasteiger partial charge >= 0.3 is 0 Å². The van der Waals surface area contributed by atoms with Crippen LogP contribution >= 0.6 is 11.6 Å². The van der Waals surface area contributed by atoms with Gasteiger partial charge in [-0.05, 0) is 37.7 Å². The van der Waals surface area contributed by atoms with Crippen molar-refractivity contribution in [1.29, 1.82) is 0 Å². The predicted octanol–water partition coefficient (Wildman–Crippen LogP) is 3.56. The summed E-state index contributed by atoms with van der Waals surface area (Å²) < 4.78 is 5.71. The maximum Gasteiger partial charge on any atom is 0.219 e. The summed E-state index contributed by atoms with van der Waals surface area (Å²) in [4.78, 5) is 4.34. The maximum absolute atomic E-state index is 6.05. The third-order valence-corrected chi connectivity index (χ3v) is 2.73. The molecule has 0 atom stereocenters. The highest BCUT2D eigenvalue weighted by molar-refractivity contribution is 6.32. The minimum Gasteiger partial charge on any atom is -0.437 e. The molecule has 0 saturated heterocycles. The first kappa shape index (κ1) is 12.9. The summed E-state index contributed by atoms with van der Waals surface area (Å²) in [7, 11) is 1.91. The van der Waals surface area contributed by atoms with Crippen LogP contribution in [0.1, 0.15) is 11.3 Å². The van der Waals surface area contributed by atoms with Crippen LogP contribution in [0.15, 0.2) is 36.4 Å². The molecule has 1 N–H and O–H groups in total. The zero-order chi connectivity index (χ0) is 13.0. The van der Waals surface area contributed by atoms with Crippen LogP contribution in [0.25, 0.3) is 0 Å². The van der Waals surface area contributed by atoms with Crippen molar-refractivity contribution in [2.75, 3.05) is 7.05 Å². The fourth-order valence-electron chi connectivity index (χ4n) is 1.71. The molecule has 0 aliphatic rings. The van der Waals surface area contributed by atoms with E-state index in [0.717, 1.165) is 17.8 Å². The Morgan fingerprint density at radius 3 is 2.78 bits per heavy atom. The van der Waals surface area contributed by atoms with Crippen molar-refractivity contribution in [3.63, 3.8) is 0 Å². The van der Waals surface area contributed by atoms with Crippen LogP contribution in [-0.2, 0) is 6.54 Å². The maximum atomic E-state index is 6.05. The summed E-state index contributed by atoms with van der Waals surface area (Å²) in [6.07, 6.45) is 0. The van der Waals surface area contributed by atoms with Crippen LogP contribution in [0.4, 0.5) is 0 Å². The third-order valence-electron chi connectivity index (χ3n) is 2.42. The number of benzene rings is 1. The van der Waals surface area contributed by atoms with Gasteiger partial charge in [-0.2, -0.15) is 0 Å². The van der Waals surface area contributed by atoms with Gasteiger partial charge in [0.2, 0.25) is 5.88 Å². The van der Waals surface area contributed by atoms with Crippen molar-refractivity contribution >= 4 is 11.6 Å². The number of hydrogen-bond acceptors (Lipinski definition) is 3. The van der Waals surface area contributed by atoms with Crippen molar-refractivity contribution in [2.24, 2.45) is 0 Å². The molecule has 18 heavy (non-hydrogen) atoms. The predicted molar refractivity (Wildman–Crippen MR) is 73.3 cm³/mol. The largest absolute Gasteiger partial charge is 0.437 e. The molecule has 0 bridgehead atoms. The van der Waals surface area contributed by atoms with Crippen molar-refractivity contribution in [3.8, 4) is 11.6 Å². The van der Waals surface area contributed by atoms with Crippen LogP contribution in [0.5, 0.6) is 11.6 Å². The topological polar surface area (TPSA) is 34.2 Å². The molecule has 1 aromatic carbocycles. The Morgan fingerprint density at radius 1 is 1.28 bits per heavy atom. The Hall–Kier alpha value is -1.58. The summed E-state index contributed by atoms with van der Waals surface area (Å²) in [6.45, 7) is 2.72. The van der Waals surface area contributed by atoms with Crippen LogP contribution in [0.3, 0.4) is 0 Å². The lowest BCUT2D eigenvalue weighted by molar-refractivity contribution is 0.461. The number of rotatable bonds is 4. The van der Waals surface area contributed by atoms with Gasteiger partial charge in [0.1, 0.15) is 5.75 Å². The SMILES string of the molecule is CNCc1cc(C)nc(Oc2ccccc2Cl)c1. The molecule has 3 nitrogen and oxygen atoms in total. The normalized spacial score (nSPS) is 10.4. The van der Waals surface area contributed by atoms with E-state index in [4.69, 9.17) is 16.3 Å². The Labute approximate surface area is 112 Å². The highest BCUT2D eigenvalue weighted by atomic mass is 35.5. The van der Waals surface area contributed by atoms with Gasteiger partial charge in [0.25, 0.3) is 0 Å². The summed E-state index contributed by atoms with van der Waals surface area (Å²) >= 11 is 6.05. The number of aromatic nitrogens is 1. The Morgan fingerprint density at radius 2 is 2.06 bits per heavy atom. The summed E-state index contributed by atoms with van der Waals surface area (Å²) in [5.41, 5.74) is 2.05. The minimum atomic E-state index is 0.563. The lowest BCUT2D eigenvalue weighted by Gasteiger charge is -2.09. The molecule has 0 spiro atoms. The van der Waals surface area contributed by atoms with Crippen molar-refractivity contribution in [3.05, 3.63) is 52.7 Å². The zero-order valence-corrected chi connectivity index (χ0v) is 11.2. The van der Waals surface area contributed by atoms with E-state index < -0.39 is 0 Å². The molecule has 2 rings (SSSR count). The number of halogens is 1. The first-order valence-electron chi connectivity index (χ1n) is 5.73. The van der Waals surface area contributed by atoms with E-state index in [1.807, 2.05) is 44.3 Å². The number of hydrogen-bond donors (Lipinski definition) is 1. The van der Waals surface area contributed by atoms with E-state index in [0.29, 0.717) is 16.7 Å². The minimum absolute atomic E-state index is 0.563. The highest BCUT2D eigenvalue weighted by Gasteiger charge is 2.05. The second-order valence-corrected chi connectivity index (χ2v) is 4.43. The fourth-order valence-corrected chi connectivity index (χ4v) is 1.88. The molecule has 0 aliphatic heterocycles. The average molecular weight is 263 g/mol. The number of aryl methyl sites for hydroxylation is 1. The van der Waals surface area contributed by atoms with E-state index in [1.54, 1.807) is 6.07 Å². The van der Waals surface area contributed by atoms with E-state index in [9.17, 15) is 0 Å². The summed E-state index contributed by atoms with van der Waals surface area (Å²) in [5, 5.41) is 3.68. The van der Waals surface area contributed by atoms with E-state index in [2.05, 4.69) is 10.3 Å². The first-order valence-corrected chi connectivity index (χ1v) is 6.11. The molecular weight excluding hydrogens is 248 g/mol. The molecule has 0 aliphatic carbocycles. The van der Waals surface area contributed by atoms with Gasteiger partial charge in [-0.25, -0.2) is 4.98 Å². The average Bonchev–Trinajstić information content (AvgIpc) is 2.32. The lowest BCUT2D eigenvalue weighted by Crippen LogP contribution is -2.06. The Balaban J connectivity index is 2.26. The summed E-state index contributed by atoms with van der Waals surface area (Å²) in [5.74, 6) is 1.18. The molecule has 0 radical (unpaired) electrons. The molecule has 1 heterocycles. The number of para-hydroxylation sites is 1. The van der Waals surface area contributed by atoms with Gasteiger partial charge in [-0.3, -0.25) is 0 Å². The van der Waals surface area contributed by atoms with Crippen LogP contribution in [0.2, 0.25) is 5.02 Å². The third kappa shape index (κ3) is 3.22. The van der Waals surface area contributed by atoms with E-state index in [1.165, 1.54) is 0 Å². The number of nitrogens with zero attached hydrogens (tertiary/aromatic N) is 1. The lowest BCUT2D eigenvalue weighted by atomic mass is 10.2. The second-order valence-electron chi connectivity index (χ2n) is 4.02. The van der Waals surface area contributed by atoms with Gasteiger partial charge in [-0.1, -0.05) is 23.7 Å². The Kier molecular flexibility index (Phi) is 4.18. The van der Waals surface area contributed by atoms with Crippen LogP contribution in [0, 0.1) is 6.92 Å². The second kappa shape index (κ2) is 5.85. The van der Waals surface area contributed by atoms with Gasteiger partial charge in [0.15, 0.2) is 0 Å². The number of nitrogens with one attached hydrogen (secondary N) is 1. The van der Waals surface area contributed by atoms with Gasteiger partial charge in [0.05, 0.1) is 5.02 Å². The molecule has 94 valence electrons. The van der Waals surface area contributed by atoms with Crippen molar-refractivity contribution < 1.29 is 4.74 Å². The molecule has 2 aromatic rings. The summed E-state index contributed by atoms with van der Waals surface area (Å²) in [6, 6.07) is 11.3. The van der Waals surface area contributed by atoms with Gasteiger partial charge < -0.3 is 10.1 Å². The molecule has 0 amide bonds. The molecular formula is C14H15ClN2O. The smallest absolute Gasteiger partial charge is 0.219 e. The molecule has 0 unspecified atom stereocenters.